The molecule has 0 radical (unpaired) electrons. The van der Waals surface area contributed by atoms with Crippen molar-refractivity contribution in [3.05, 3.63) is 34.8 Å². The number of rotatable bonds is 1. The average molecular weight is 207 g/mol. The Balaban J connectivity index is 2.72. The number of nitrogens with two attached hydrogens (primary N) is 1. The first-order valence-corrected chi connectivity index (χ1v) is 4.25. The summed E-state index contributed by atoms with van der Waals surface area (Å²) in [7, 11) is 0. The van der Waals surface area contributed by atoms with Crippen LogP contribution in [0.3, 0.4) is 0 Å². The fourth-order valence-electron chi connectivity index (χ4n) is 1.39. The first-order chi connectivity index (χ1) is 7.11. The Morgan fingerprint density at radius 3 is 2.80 bits per heavy atom. The lowest BCUT2D eigenvalue weighted by atomic mass is 10.2. The van der Waals surface area contributed by atoms with Crippen LogP contribution in [-0.2, 0) is 4.79 Å². The predicted molar refractivity (Wildman–Crippen MR) is 49.9 cm³/mol. The maximum absolute atomic E-state index is 10.9. The van der Waals surface area contributed by atoms with Gasteiger partial charge in [0.25, 0.3) is 5.91 Å². The number of carbonyl (C=O) groups is 1. The number of hydrogen-bond donors (Lipinski definition) is 3. The van der Waals surface area contributed by atoms with Gasteiger partial charge in [-0.15, -0.1) is 0 Å². The fourth-order valence-corrected chi connectivity index (χ4v) is 1.39. The number of amides is 1. The highest BCUT2D eigenvalue weighted by Gasteiger charge is 2.26. The number of para-hydroxylation sites is 1. The quantitative estimate of drug-likeness (QED) is 0.519. The number of nitrogens with zero attached hydrogens (tertiary/aromatic N) is 2. The molecular weight excluding hydrogens is 198 g/mol. The Morgan fingerprint density at radius 2 is 2.13 bits per heavy atom. The molecule has 1 aromatic carbocycles. The summed E-state index contributed by atoms with van der Waals surface area (Å²) in [6.07, 6.45) is -1.28. The SMILES string of the molecule is NC(=O)C1N=c2ccccc2=C(O)N1O. The van der Waals surface area contributed by atoms with Crippen molar-refractivity contribution < 1.29 is 15.1 Å². The van der Waals surface area contributed by atoms with E-state index >= 15 is 0 Å². The maximum atomic E-state index is 10.9. The summed E-state index contributed by atoms with van der Waals surface area (Å²) in [5.41, 5.74) is 5.02. The van der Waals surface area contributed by atoms with E-state index in [0.717, 1.165) is 0 Å². The number of aliphatic hydroxyl groups excluding tert-OH is 1. The Hall–Kier alpha value is -2.08. The minimum Gasteiger partial charge on any atom is -0.493 e. The molecule has 1 unspecified atom stereocenters. The zero-order chi connectivity index (χ0) is 11.0. The molecule has 1 atom stereocenters. The molecule has 1 heterocycles. The van der Waals surface area contributed by atoms with Crippen molar-refractivity contribution >= 4 is 11.8 Å². The largest absolute Gasteiger partial charge is 0.493 e. The number of carbonyl (C=O) groups excluding carboxylic acids is 1. The molecule has 0 fully saturated rings. The molecule has 0 bridgehead atoms. The van der Waals surface area contributed by atoms with Crippen LogP contribution < -0.4 is 16.3 Å². The Morgan fingerprint density at radius 1 is 1.47 bits per heavy atom. The fraction of sp³-hybridized carbons (Fsp3) is 0.111. The number of primary amides is 1. The highest BCUT2D eigenvalue weighted by molar-refractivity contribution is 5.80. The second-order valence-corrected chi connectivity index (χ2v) is 3.09. The van der Waals surface area contributed by atoms with Crippen molar-refractivity contribution in [1.82, 2.24) is 5.06 Å². The third kappa shape index (κ3) is 1.40. The second kappa shape index (κ2) is 3.25. The van der Waals surface area contributed by atoms with Crippen LogP contribution in [0.25, 0.3) is 5.88 Å². The molecule has 6 nitrogen and oxygen atoms in total. The van der Waals surface area contributed by atoms with E-state index in [1.54, 1.807) is 24.3 Å². The molecule has 6 heteroatoms. The van der Waals surface area contributed by atoms with Gasteiger partial charge in [-0.25, -0.2) is 4.99 Å². The molecule has 2 rings (SSSR count). The molecule has 78 valence electrons. The number of hydrogen-bond acceptors (Lipinski definition) is 5. The molecule has 0 spiro atoms. The summed E-state index contributed by atoms with van der Waals surface area (Å²) in [5, 5.41) is 20.1. The minimum absolute atomic E-state index is 0.352. The van der Waals surface area contributed by atoms with Crippen molar-refractivity contribution in [3.63, 3.8) is 0 Å². The molecule has 1 amide bonds. The van der Waals surface area contributed by atoms with Crippen molar-refractivity contribution in [2.75, 3.05) is 0 Å². The van der Waals surface area contributed by atoms with Gasteiger partial charge in [-0.05, 0) is 12.1 Å². The average Bonchev–Trinajstić information content (AvgIpc) is 2.23. The molecule has 0 saturated carbocycles. The van der Waals surface area contributed by atoms with Gasteiger partial charge in [-0.3, -0.25) is 10.0 Å². The van der Waals surface area contributed by atoms with Gasteiger partial charge in [0.05, 0.1) is 10.6 Å². The van der Waals surface area contributed by atoms with Crippen LogP contribution in [0.5, 0.6) is 0 Å². The van der Waals surface area contributed by atoms with E-state index in [2.05, 4.69) is 4.99 Å². The van der Waals surface area contributed by atoms with Crippen LogP contribution in [0.1, 0.15) is 0 Å². The second-order valence-electron chi connectivity index (χ2n) is 3.09. The van der Waals surface area contributed by atoms with E-state index in [-0.39, 0.29) is 0 Å². The lowest BCUT2D eigenvalue weighted by molar-refractivity contribution is -0.140. The minimum atomic E-state index is -1.28. The lowest BCUT2D eigenvalue weighted by Crippen LogP contribution is -2.49. The van der Waals surface area contributed by atoms with Crippen LogP contribution in [0.15, 0.2) is 29.3 Å². The van der Waals surface area contributed by atoms with Gasteiger partial charge in [0, 0.05) is 0 Å². The molecule has 0 aromatic heterocycles. The summed E-state index contributed by atoms with van der Waals surface area (Å²) in [5.74, 6) is -1.26. The summed E-state index contributed by atoms with van der Waals surface area (Å²) in [4.78, 5) is 14.8. The third-order valence-corrected chi connectivity index (χ3v) is 2.11. The number of benzene rings is 1. The van der Waals surface area contributed by atoms with Gasteiger partial charge in [0.1, 0.15) is 0 Å². The van der Waals surface area contributed by atoms with Crippen LogP contribution in [-0.4, -0.2) is 27.4 Å². The van der Waals surface area contributed by atoms with E-state index in [1.165, 1.54) is 0 Å². The Labute approximate surface area is 84.5 Å². The molecule has 1 aliphatic heterocycles. The third-order valence-electron chi connectivity index (χ3n) is 2.11. The van der Waals surface area contributed by atoms with E-state index in [0.29, 0.717) is 15.6 Å². The van der Waals surface area contributed by atoms with E-state index < -0.39 is 18.0 Å². The molecule has 4 N–H and O–H groups in total. The Kier molecular flexibility index (Phi) is 2.05. The topological polar surface area (TPSA) is 99.2 Å². The maximum Gasteiger partial charge on any atom is 0.265 e. The van der Waals surface area contributed by atoms with Gasteiger partial charge in [0.2, 0.25) is 12.0 Å². The molecule has 0 saturated heterocycles. The van der Waals surface area contributed by atoms with Crippen molar-refractivity contribution in [3.8, 4) is 0 Å². The first kappa shape index (κ1) is 9.47. The van der Waals surface area contributed by atoms with E-state index in [9.17, 15) is 15.1 Å². The van der Waals surface area contributed by atoms with Gasteiger partial charge >= 0.3 is 0 Å². The van der Waals surface area contributed by atoms with Crippen molar-refractivity contribution in [1.29, 1.82) is 0 Å². The molecule has 1 aliphatic rings. The van der Waals surface area contributed by atoms with Gasteiger partial charge in [-0.1, -0.05) is 12.1 Å². The smallest absolute Gasteiger partial charge is 0.265 e. The molecule has 15 heavy (non-hydrogen) atoms. The first-order valence-electron chi connectivity index (χ1n) is 4.25. The zero-order valence-corrected chi connectivity index (χ0v) is 7.66. The highest BCUT2D eigenvalue weighted by atomic mass is 16.5. The van der Waals surface area contributed by atoms with Crippen LogP contribution in [0.2, 0.25) is 0 Å². The molecule has 1 aromatic rings. The Bertz CT molecular complexity index is 526. The highest BCUT2D eigenvalue weighted by Crippen LogP contribution is 2.05. The van der Waals surface area contributed by atoms with Gasteiger partial charge in [0.15, 0.2) is 0 Å². The van der Waals surface area contributed by atoms with Crippen molar-refractivity contribution in [2.45, 2.75) is 6.17 Å². The number of fused-ring (bicyclic) bond motifs is 1. The van der Waals surface area contributed by atoms with Crippen LogP contribution in [0.4, 0.5) is 0 Å². The van der Waals surface area contributed by atoms with Crippen molar-refractivity contribution in [2.24, 2.45) is 10.7 Å². The normalized spacial score (nSPS) is 19.4. The van der Waals surface area contributed by atoms with Gasteiger partial charge < -0.3 is 10.8 Å². The lowest BCUT2D eigenvalue weighted by Gasteiger charge is -2.23. The van der Waals surface area contributed by atoms with E-state index in [1.807, 2.05) is 0 Å². The molecular formula is C9H9N3O3. The standard InChI is InChI=1S/C9H9N3O3/c10-7(13)8-11-6-4-2-1-3-5(6)9(14)12(8)15/h1-4,8,14-15H,(H2,10,13). The summed E-state index contributed by atoms with van der Waals surface area (Å²) < 4.78 is 0. The van der Waals surface area contributed by atoms with E-state index in [4.69, 9.17) is 5.73 Å². The molecule has 0 aliphatic carbocycles. The van der Waals surface area contributed by atoms with Crippen LogP contribution >= 0.6 is 0 Å². The monoisotopic (exact) mass is 207 g/mol. The van der Waals surface area contributed by atoms with Crippen LogP contribution in [0, 0.1) is 0 Å². The summed E-state index contributed by atoms with van der Waals surface area (Å²) in [6, 6.07) is 6.59. The number of hydroxylamine groups is 2. The predicted octanol–water partition coefficient (Wildman–Crippen LogP) is -1.55. The summed E-state index contributed by atoms with van der Waals surface area (Å²) in [6.45, 7) is 0. The zero-order valence-electron chi connectivity index (χ0n) is 7.66. The van der Waals surface area contributed by atoms with Gasteiger partial charge in [-0.2, -0.15) is 5.06 Å². The summed E-state index contributed by atoms with van der Waals surface area (Å²) >= 11 is 0. The number of aliphatic hydroxyl groups is 1.